The number of aromatic hydroxyl groups is 2. The Morgan fingerprint density at radius 1 is 0.795 bits per heavy atom. The van der Waals surface area contributed by atoms with E-state index in [1.54, 1.807) is 36.4 Å². The van der Waals surface area contributed by atoms with Crippen LogP contribution in [0.25, 0.3) is 10.8 Å². The maximum Gasteiger partial charge on any atom is 0.340 e. The monoisotopic (exact) mass is 529 g/mol. The second-order valence-corrected chi connectivity index (χ2v) is 10.2. The molecular weight excluding hydrogens is 490 g/mol. The predicted octanol–water partition coefficient (Wildman–Crippen LogP) is 6.77. The second kappa shape index (κ2) is 13.8. The van der Waals surface area contributed by atoms with Gasteiger partial charge in [-0.15, -0.1) is 0 Å². The molecular formula is C33H39NO5. The Morgan fingerprint density at radius 3 is 2.03 bits per heavy atom. The summed E-state index contributed by atoms with van der Waals surface area (Å²) in [6.07, 6.45) is 0.919. The first-order valence-corrected chi connectivity index (χ1v) is 13.3. The van der Waals surface area contributed by atoms with Crippen molar-refractivity contribution in [3.8, 4) is 11.5 Å². The first-order chi connectivity index (χ1) is 18.6. The summed E-state index contributed by atoms with van der Waals surface area (Å²) in [7, 11) is 0. The molecule has 0 bridgehead atoms. The molecule has 206 valence electrons. The summed E-state index contributed by atoms with van der Waals surface area (Å²) in [5.41, 5.74) is 2.88. The quantitative estimate of drug-likeness (QED) is 0.191. The normalized spacial score (nSPS) is 12.0. The number of phenols is 2. The van der Waals surface area contributed by atoms with Gasteiger partial charge in [0.15, 0.2) is 0 Å². The van der Waals surface area contributed by atoms with Crippen LogP contribution in [0.15, 0.2) is 84.9 Å². The molecule has 39 heavy (non-hydrogen) atoms. The number of aromatic carboxylic acids is 1. The van der Waals surface area contributed by atoms with Crippen molar-refractivity contribution in [2.45, 2.75) is 58.7 Å². The van der Waals surface area contributed by atoms with Crippen LogP contribution >= 0.6 is 0 Å². The van der Waals surface area contributed by atoms with E-state index in [9.17, 15) is 20.1 Å². The van der Waals surface area contributed by atoms with Crippen LogP contribution in [0.1, 0.15) is 67.1 Å². The molecule has 0 unspecified atom stereocenters. The number of hydrogen-bond donors (Lipinski definition) is 4. The zero-order valence-corrected chi connectivity index (χ0v) is 23.1. The number of fused-ring (bicyclic) bond motifs is 1. The molecule has 0 aliphatic carbocycles. The van der Waals surface area contributed by atoms with E-state index in [4.69, 9.17) is 5.11 Å². The molecule has 0 saturated carbocycles. The molecule has 0 fully saturated rings. The van der Waals surface area contributed by atoms with E-state index in [0.717, 1.165) is 29.5 Å². The summed E-state index contributed by atoms with van der Waals surface area (Å²) >= 11 is 0. The average molecular weight is 530 g/mol. The Hall–Kier alpha value is -3.87. The third-order valence-electron chi connectivity index (χ3n) is 6.98. The molecule has 4 aromatic rings. The van der Waals surface area contributed by atoms with Gasteiger partial charge in [0.1, 0.15) is 17.1 Å². The van der Waals surface area contributed by atoms with Crippen molar-refractivity contribution in [2.24, 2.45) is 0 Å². The minimum Gasteiger partial charge on any atom is -0.508 e. The van der Waals surface area contributed by atoms with Crippen LogP contribution < -0.4 is 0 Å². The van der Waals surface area contributed by atoms with Crippen LogP contribution in [0.3, 0.4) is 0 Å². The number of phenolic OH excluding ortho intramolecular Hbond substituents is 1. The summed E-state index contributed by atoms with van der Waals surface area (Å²) < 4.78 is 0. The summed E-state index contributed by atoms with van der Waals surface area (Å²) in [5.74, 6) is -0.908. The number of aliphatic hydroxyl groups excluding tert-OH is 1. The standard InChI is InChI=1S/C22H31NO2.C11H8O3/c1-16(2)23(17(3)4)13-12-20(19-8-6-5-7-9-19)21-14-18(15-24)10-11-22(21)25;12-9-6-5-7-3-1-2-4-8(7)10(9)11(13)14/h5-11,14,16-17,20,24-25H,12-13,15H2,1-4H3;1-6,12H,(H,13,14)/t20-;/m1./s1. The highest BCUT2D eigenvalue weighted by Crippen LogP contribution is 2.35. The molecule has 0 amide bonds. The van der Waals surface area contributed by atoms with Crippen molar-refractivity contribution in [1.82, 2.24) is 4.90 Å². The fourth-order valence-corrected chi connectivity index (χ4v) is 5.04. The number of carboxylic acids is 1. The topological polar surface area (TPSA) is 101 Å². The Kier molecular flexibility index (Phi) is 10.5. The van der Waals surface area contributed by atoms with E-state index >= 15 is 0 Å². The van der Waals surface area contributed by atoms with Crippen LogP contribution in [-0.2, 0) is 6.61 Å². The van der Waals surface area contributed by atoms with Crippen LogP contribution in [0.4, 0.5) is 0 Å². The van der Waals surface area contributed by atoms with E-state index < -0.39 is 5.97 Å². The zero-order chi connectivity index (χ0) is 28.5. The number of benzene rings is 4. The summed E-state index contributed by atoms with van der Waals surface area (Å²) in [6, 6.07) is 26.8. The van der Waals surface area contributed by atoms with E-state index in [-0.39, 0.29) is 23.8 Å². The lowest BCUT2D eigenvalue weighted by Crippen LogP contribution is -2.38. The summed E-state index contributed by atoms with van der Waals surface area (Å²) in [6.45, 7) is 9.84. The minimum absolute atomic E-state index is 0.0150. The smallest absolute Gasteiger partial charge is 0.340 e. The van der Waals surface area contributed by atoms with Crippen LogP contribution in [0, 0.1) is 0 Å². The molecule has 0 aromatic heterocycles. The van der Waals surface area contributed by atoms with Gasteiger partial charge in [0.05, 0.1) is 6.61 Å². The molecule has 0 saturated heterocycles. The predicted molar refractivity (Wildman–Crippen MR) is 156 cm³/mol. The van der Waals surface area contributed by atoms with Gasteiger partial charge in [-0.25, -0.2) is 4.79 Å². The highest BCUT2D eigenvalue weighted by atomic mass is 16.4. The van der Waals surface area contributed by atoms with E-state index in [1.807, 2.05) is 30.3 Å². The molecule has 0 spiro atoms. The van der Waals surface area contributed by atoms with Gasteiger partial charge in [-0.3, -0.25) is 4.90 Å². The van der Waals surface area contributed by atoms with E-state index in [0.29, 0.717) is 23.2 Å². The van der Waals surface area contributed by atoms with Crippen molar-refractivity contribution in [3.63, 3.8) is 0 Å². The van der Waals surface area contributed by atoms with Crippen LogP contribution in [0.2, 0.25) is 0 Å². The molecule has 4 aromatic carbocycles. The number of nitrogens with zero attached hydrogens (tertiary/aromatic N) is 1. The van der Waals surface area contributed by atoms with E-state index in [2.05, 4.69) is 44.7 Å². The zero-order valence-electron chi connectivity index (χ0n) is 23.1. The Morgan fingerprint density at radius 2 is 1.41 bits per heavy atom. The Labute approximate surface area is 230 Å². The van der Waals surface area contributed by atoms with Crippen molar-refractivity contribution in [1.29, 1.82) is 0 Å². The number of hydrogen-bond acceptors (Lipinski definition) is 5. The van der Waals surface area contributed by atoms with Gasteiger partial charge in [-0.2, -0.15) is 0 Å². The lowest BCUT2D eigenvalue weighted by Gasteiger charge is -2.32. The maximum absolute atomic E-state index is 10.9. The third kappa shape index (κ3) is 7.59. The van der Waals surface area contributed by atoms with Gasteiger partial charge in [0.2, 0.25) is 0 Å². The molecule has 4 N–H and O–H groups in total. The number of carbonyl (C=O) groups is 1. The van der Waals surface area contributed by atoms with Crippen molar-refractivity contribution < 1.29 is 25.2 Å². The molecule has 1 atom stereocenters. The number of aliphatic hydroxyl groups is 1. The molecule has 4 rings (SSSR count). The molecule has 0 radical (unpaired) electrons. The SMILES string of the molecule is CC(C)N(CC[C@H](c1ccccc1)c1cc(CO)ccc1O)C(C)C.O=C(O)c1c(O)ccc2ccccc12. The van der Waals surface area contributed by atoms with Crippen LogP contribution in [0.5, 0.6) is 11.5 Å². The molecule has 0 aliphatic rings. The average Bonchev–Trinajstić information content (AvgIpc) is 2.92. The highest BCUT2D eigenvalue weighted by Gasteiger charge is 2.21. The van der Waals surface area contributed by atoms with Crippen molar-refractivity contribution >= 4 is 16.7 Å². The van der Waals surface area contributed by atoms with Gasteiger partial charge in [0.25, 0.3) is 0 Å². The van der Waals surface area contributed by atoms with Gasteiger partial charge in [-0.1, -0.05) is 66.7 Å². The van der Waals surface area contributed by atoms with Crippen molar-refractivity contribution in [3.05, 3.63) is 107 Å². The Bertz CT molecular complexity index is 1360. The van der Waals surface area contributed by atoms with E-state index in [1.165, 1.54) is 11.6 Å². The Balaban J connectivity index is 0.000000252. The van der Waals surface area contributed by atoms with Gasteiger partial charge in [0, 0.05) is 23.6 Å². The first kappa shape index (κ1) is 29.7. The minimum atomic E-state index is -1.11. The van der Waals surface area contributed by atoms with Gasteiger partial charge >= 0.3 is 5.97 Å². The maximum atomic E-state index is 10.9. The molecule has 0 heterocycles. The highest BCUT2D eigenvalue weighted by molar-refractivity contribution is 6.06. The summed E-state index contributed by atoms with van der Waals surface area (Å²) in [4.78, 5) is 13.4. The third-order valence-corrected chi connectivity index (χ3v) is 6.98. The van der Waals surface area contributed by atoms with Crippen molar-refractivity contribution in [2.75, 3.05) is 6.54 Å². The fourth-order valence-electron chi connectivity index (χ4n) is 5.04. The largest absolute Gasteiger partial charge is 0.508 e. The number of rotatable bonds is 9. The lowest BCUT2D eigenvalue weighted by atomic mass is 9.86. The number of carboxylic acid groups (broad SMARTS) is 1. The fraction of sp³-hybridized carbons (Fsp3) is 0.303. The second-order valence-electron chi connectivity index (χ2n) is 10.2. The summed E-state index contributed by atoms with van der Waals surface area (Å²) in [5, 5.41) is 39.6. The van der Waals surface area contributed by atoms with Gasteiger partial charge < -0.3 is 20.4 Å². The molecule has 6 nitrogen and oxygen atoms in total. The molecule has 6 heteroatoms. The first-order valence-electron chi connectivity index (χ1n) is 13.3. The molecule has 0 aliphatic heterocycles. The van der Waals surface area contributed by atoms with Gasteiger partial charge in [-0.05, 0) is 80.8 Å². The lowest BCUT2D eigenvalue weighted by molar-refractivity contribution is 0.0696. The van der Waals surface area contributed by atoms with Crippen LogP contribution in [-0.4, -0.2) is 49.9 Å².